The third-order valence-corrected chi connectivity index (χ3v) is 3.01. The van der Waals surface area contributed by atoms with Crippen LogP contribution in [0.4, 0.5) is 0 Å². The lowest BCUT2D eigenvalue weighted by molar-refractivity contribution is 0.597. The molecule has 0 fully saturated rings. The molecule has 80 valence electrons. The Morgan fingerprint density at radius 2 is 2.00 bits per heavy atom. The molecule has 0 saturated heterocycles. The molecule has 1 unspecified atom stereocenters. The smallest absolute Gasteiger partial charge is 0.00763 e. The monoisotopic (exact) mass is 201 g/mol. The fraction of sp³-hybridized carbons (Fsp3) is 0.429. The van der Waals surface area contributed by atoms with Crippen molar-refractivity contribution in [3.63, 3.8) is 0 Å². The largest absolute Gasteiger partial charge is 0.327 e. The Bertz CT molecular complexity index is 326. The molecule has 1 nitrogen and oxygen atoms in total. The molecule has 0 aromatic heterocycles. The molecular formula is C14H19N. The molecule has 1 aromatic carbocycles. The van der Waals surface area contributed by atoms with Gasteiger partial charge in [-0.2, -0.15) is 0 Å². The van der Waals surface area contributed by atoms with Crippen molar-refractivity contribution in [2.45, 2.75) is 38.1 Å². The number of benzene rings is 1. The highest BCUT2D eigenvalue weighted by Crippen LogP contribution is 2.20. The molecule has 1 aromatic rings. The first kappa shape index (κ1) is 10.4. The second-order valence-electron chi connectivity index (χ2n) is 4.42. The second-order valence-corrected chi connectivity index (χ2v) is 4.42. The van der Waals surface area contributed by atoms with E-state index in [0.717, 1.165) is 12.8 Å². The van der Waals surface area contributed by atoms with E-state index in [0.29, 0.717) is 6.04 Å². The average Bonchev–Trinajstić information content (AvgIpc) is 2.44. The summed E-state index contributed by atoms with van der Waals surface area (Å²) in [7, 11) is 0. The van der Waals surface area contributed by atoms with Crippen LogP contribution in [0.25, 0.3) is 0 Å². The molecule has 0 saturated carbocycles. The maximum absolute atomic E-state index is 6.04. The van der Waals surface area contributed by atoms with Gasteiger partial charge in [-0.3, -0.25) is 0 Å². The minimum Gasteiger partial charge on any atom is -0.327 e. The van der Waals surface area contributed by atoms with Crippen molar-refractivity contribution in [2.24, 2.45) is 5.73 Å². The van der Waals surface area contributed by atoms with Gasteiger partial charge in [0, 0.05) is 6.04 Å². The molecule has 1 atom stereocenters. The standard InChI is InChI=1S/C14H19N/c15-14-9-5-4-8-13(11-14)10-12-6-2-1-3-7-12/h1-3,6-8,14H,4-5,9-11,15H2. The highest BCUT2D eigenvalue weighted by molar-refractivity contribution is 5.22. The Morgan fingerprint density at radius 1 is 1.20 bits per heavy atom. The van der Waals surface area contributed by atoms with Crippen LogP contribution in [0, 0.1) is 0 Å². The van der Waals surface area contributed by atoms with Crippen LogP contribution in [0.15, 0.2) is 42.0 Å². The topological polar surface area (TPSA) is 26.0 Å². The molecule has 15 heavy (non-hydrogen) atoms. The van der Waals surface area contributed by atoms with Crippen LogP contribution in [0.3, 0.4) is 0 Å². The van der Waals surface area contributed by atoms with E-state index >= 15 is 0 Å². The lowest BCUT2D eigenvalue weighted by Gasteiger charge is -2.10. The SMILES string of the molecule is NC1CCCC=C(Cc2ccccc2)C1. The molecule has 0 aliphatic heterocycles. The quantitative estimate of drug-likeness (QED) is 0.731. The van der Waals surface area contributed by atoms with Gasteiger partial charge in [-0.1, -0.05) is 42.0 Å². The van der Waals surface area contributed by atoms with Crippen LogP contribution in [-0.4, -0.2) is 6.04 Å². The summed E-state index contributed by atoms with van der Waals surface area (Å²) < 4.78 is 0. The zero-order valence-corrected chi connectivity index (χ0v) is 9.15. The van der Waals surface area contributed by atoms with Crippen molar-refractivity contribution >= 4 is 0 Å². The highest BCUT2D eigenvalue weighted by Gasteiger charge is 2.10. The molecule has 2 rings (SSSR count). The van der Waals surface area contributed by atoms with Gasteiger partial charge in [0.2, 0.25) is 0 Å². The third-order valence-electron chi connectivity index (χ3n) is 3.01. The number of hydrogen-bond acceptors (Lipinski definition) is 1. The van der Waals surface area contributed by atoms with Crippen molar-refractivity contribution in [1.82, 2.24) is 0 Å². The van der Waals surface area contributed by atoms with Crippen LogP contribution in [-0.2, 0) is 6.42 Å². The van der Waals surface area contributed by atoms with Crippen molar-refractivity contribution in [1.29, 1.82) is 0 Å². The van der Waals surface area contributed by atoms with Gasteiger partial charge >= 0.3 is 0 Å². The third kappa shape index (κ3) is 3.21. The van der Waals surface area contributed by atoms with Crippen LogP contribution in [0.5, 0.6) is 0 Å². The predicted octanol–water partition coefficient (Wildman–Crippen LogP) is 3.06. The molecule has 0 amide bonds. The molecule has 1 aliphatic carbocycles. The maximum Gasteiger partial charge on any atom is 0.00763 e. The van der Waals surface area contributed by atoms with Crippen molar-refractivity contribution in [3.8, 4) is 0 Å². The summed E-state index contributed by atoms with van der Waals surface area (Å²) >= 11 is 0. The van der Waals surface area contributed by atoms with Gasteiger partial charge in [-0.05, 0) is 37.7 Å². The number of rotatable bonds is 2. The van der Waals surface area contributed by atoms with Gasteiger partial charge in [0.05, 0.1) is 0 Å². The van der Waals surface area contributed by atoms with Gasteiger partial charge in [0.25, 0.3) is 0 Å². The Hall–Kier alpha value is -1.08. The number of hydrogen-bond donors (Lipinski definition) is 1. The molecular weight excluding hydrogens is 182 g/mol. The van der Waals surface area contributed by atoms with Crippen molar-refractivity contribution in [3.05, 3.63) is 47.5 Å². The first-order valence-corrected chi connectivity index (χ1v) is 5.82. The van der Waals surface area contributed by atoms with Crippen LogP contribution in [0.1, 0.15) is 31.2 Å². The summed E-state index contributed by atoms with van der Waals surface area (Å²) in [4.78, 5) is 0. The van der Waals surface area contributed by atoms with E-state index in [4.69, 9.17) is 5.73 Å². The molecule has 0 spiro atoms. The molecule has 0 heterocycles. The first-order valence-electron chi connectivity index (χ1n) is 5.82. The fourth-order valence-electron chi connectivity index (χ4n) is 2.21. The van der Waals surface area contributed by atoms with Crippen LogP contribution >= 0.6 is 0 Å². The Morgan fingerprint density at radius 3 is 2.80 bits per heavy atom. The highest BCUT2D eigenvalue weighted by atomic mass is 14.6. The van der Waals surface area contributed by atoms with Gasteiger partial charge in [-0.15, -0.1) is 0 Å². The molecule has 0 bridgehead atoms. The minimum atomic E-state index is 0.377. The minimum absolute atomic E-state index is 0.377. The van der Waals surface area contributed by atoms with E-state index in [1.807, 2.05) is 0 Å². The number of allylic oxidation sites excluding steroid dienone is 1. The Balaban J connectivity index is 2.02. The van der Waals surface area contributed by atoms with E-state index in [1.165, 1.54) is 30.4 Å². The summed E-state index contributed by atoms with van der Waals surface area (Å²) in [6, 6.07) is 11.0. The van der Waals surface area contributed by atoms with Gasteiger partial charge in [0.15, 0.2) is 0 Å². The zero-order chi connectivity index (χ0) is 10.5. The lowest BCUT2D eigenvalue weighted by atomic mass is 9.99. The molecule has 0 radical (unpaired) electrons. The van der Waals surface area contributed by atoms with E-state index in [1.54, 1.807) is 0 Å². The Kier molecular flexibility index (Phi) is 3.57. The first-order chi connectivity index (χ1) is 7.34. The van der Waals surface area contributed by atoms with Gasteiger partial charge in [-0.25, -0.2) is 0 Å². The van der Waals surface area contributed by atoms with Gasteiger partial charge < -0.3 is 5.73 Å². The summed E-state index contributed by atoms with van der Waals surface area (Å²) in [6.45, 7) is 0. The van der Waals surface area contributed by atoms with E-state index in [2.05, 4.69) is 36.4 Å². The normalized spacial score (nSPS) is 21.9. The summed E-state index contributed by atoms with van der Waals surface area (Å²) in [5, 5.41) is 0. The van der Waals surface area contributed by atoms with E-state index in [9.17, 15) is 0 Å². The lowest BCUT2D eigenvalue weighted by Crippen LogP contribution is -2.19. The van der Waals surface area contributed by atoms with Gasteiger partial charge in [0.1, 0.15) is 0 Å². The van der Waals surface area contributed by atoms with Crippen LogP contribution < -0.4 is 5.73 Å². The summed E-state index contributed by atoms with van der Waals surface area (Å²) in [5.74, 6) is 0. The molecule has 2 N–H and O–H groups in total. The maximum atomic E-state index is 6.04. The molecule has 1 aliphatic rings. The zero-order valence-electron chi connectivity index (χ0n) is 9.15. The second kappa shape index (κ2) is 5.13. The molecule has 1 heteroatoms. The van der Waals surface area contributed by atoms with Crippen molar-refractivity contribution in [2.75, 3.05) is 0 Å². The Labute approximate surface area is 92.0 Å². The summed E-state index contributed by atoms with van der Waals surface area (Å²) in [6.07, 6.45) is 8.17. The van der Waals surface area contributed by atoms with E-state index < -0.39 is 0 Å². The summed E-state index contributed by atoms with van der Waals surface area (Å²) in [5.41, 5.74) is 8.96. The van der Waals surface area contributed by atoms with Crippen molar-refractivity contribution < 1.29 is 0 Å². The predicted molar refractivity (Wildman–Crippen MR) is 64.7 cm³/mol. The van der Waals surface area contributed by atoms with Crippen LogP contribution in [0.2, 0.25) is 0 Å². The number of nitrogens with two attached hydrogens (primary N) is 1. The average molecular weight is 201 g/mol. The van der Waals surface area contributed by atoms with E-state index in [-0.39, 0.29) is 0 Å². The fourth-order valence-corrected chi connectivity index (χ4v) is 2.21.